The third-order valence-electron chi connectivity index (χ3n) is 2.38. The van der Waals surface area contributed by atoms with Crippen LogP contribution in [0.25, 0.3) is 0 Å². The summed E-state index contributed by atoms with van der Waals surface area (Å²) in [6.45, 7) is 9.86. The fourth-order valence-corrected chi connectivity index (χ4v) is 3.10. The van der Waals surface area contributed by atoms with Crippen molar-refractivity contribution < 1.29 is 9.53 Å². The number of ether oxygens (including phenoxy) is 1. The Morgan fingerprint density at radius 2 is 1.81 bits per heavy atom. The number of amides is 1. The molecule has 3 nitrogen and oxygen atoms in total. The van der Waals surface area contributed by atoms with Crippen molar-refractivity contribution in [1.29, 1.82) is 0 Å². The lowest BCUT2D eigenvalue weighted by molar-refractivity contribution is 0.129. The van der Waals surface area contributed by atoms with Crippen molar-refractivity contribution in [2.24, 2.45) is 0 Å². The van der Waals surface area contributed by atoms with Crippen molar-refractivity contribution in [2.45, 2.75) is 52.2 Å². The van der Waals surface area contributed by atoms with Gasteiger partial charge in [0, 0.05) is 12.7 Å². The van der Waals surface area contributed by atoms with Crippen molar-refractivity contribution in [3.63, 3.8) is 0 Å². The minimum atomic E-state index is -1.24. The summed E-state index contributed by atoms with van der Waals surface area (Å²) in [7, 11) is 0.221. The maximum absolute atomic E-state index is 11.6. The van der Waals surface area contributed by atoms with E-state index in [1.807, 2.05) is 4.90 Å². The van der Waals surface area contributed by atoms with Gasteiger partial charge in [0.25, 0.3) is 0 Å². The largest absolute Gasteiger partial charge is 0.453 e. The maximum atomic E-state index is 11.6. The quantitative estimate of drug-likeness (QED) is 0.507. The molecule has 0 aliphatic carbocycles. The molecule has 0 aliphatic rings. The van der Waals surface area contributed by atoms with Gasteiger partial charge in [0.05, 0.1) is 15.2 Å². The number of hydrogen-bond donors (Lipinski definition) is 0. The lowest BCUT2D eigenvalue weighted by Gasteiger charge is -2.27. The normalized spacial score (nSPS) is 11.3. The van der Waals surface area contributed by atoms with Gasteiger partial charge in [-0.3, -0.25) is 0 Å². The lowest BCUT2D eigenvalue weighted by atomic mass is 10.2. The summed E-state index contributed by atoms with van der Waals surface area (Å²) in [6.07, 6.45) is 5.50. The lowest BCUT2D eigenvalue weighted by Crippen LogP contribution is -2.44. The number of methoxy groups -OCH3 is 1. The molecule has 0 rings (SSSR count). The smallest absolute Gasteiger partial charge is 0.409 e. The molecule has 1 amide bonds. The molecule has 0 unspecified atom stereocenters. The van der Waals surface area contributed by atoms with Crippen LogP contribution in [0.1, 0.15) is 32.6 Å². The second-order valence-electron chi connectivity index (χ2n) is 5.51. The van der Waals surface area contributed by atoms with E-state index in [4.69, 9.17) is 4.74 Å². The Hall–Kier alpha value is -0.513. The van der Waals surface area contributed by atoms with Crippen LogP contribution in [0.2, 0.25) is 19.6 Å². The first-order chi connectivity index (χ1) is 7.40. The molecule has 0 saturated carbocycles. The first-order valence-corrected chi connectivity index (χ1v) is 9.94. The van der Waals surface area contributed by atoms with Gasteiger partial charge in [0.2, 0.25) is 0 Å². The van der Waals surface area contributed by atoms with Gasteiger partial charge in [0.15, 0.2) is 0 Å². The average molecular weight is 245 g/mol. The highest BCUT2D eigenvalue weighted by molar-refractivity contribution is 6.76. The van der Waals surface area contributed by atoms with Crippen LogP contribution in [0.4, 0.5) is 4.79 Å². The van der Waals surface area contributed by atoms with E-state index in [0.717, 1.165) is 19.1 Å². The molecular formula is C12H27NO2Si. The maximum Gasteiger partial charge on any atom is 0.409 e. The summed E-state index contributed by atoms with van der Waals surface area (Å²) in [6, 6.07) is 0. The highest BCUT2D eigenvalue weighted by Gasteiger charge is 2.22. The Balaban J connectivity index is 4.06. The number of nitrogens with zero attached hydrogens (tertiary/aromatic N) is 1. The van der Waals surface area contributed by atoms with Crippen LogP contribution >= 0.6 is 0 Å². The SMILES string of the molecule is CCCCCCN(C[Si](C)(C)C)C(=O)OC. The predicted molar refractivity (Wildman–Crippen MR) is 71.5 cm³/mol. The summed E-state index contributed by atoms with van der Waals surface area (Å²) < 4.78 is 4.82. The van der Waals surface area contributed by atoms with E-state index in [9.17, 15) is 4.79 Å². The molecule has 16 heavy (non-hydrogen) atoms. The zero-order valence-corrected chi connectivity index (χ0v) is 12.5. The van der Waals surface area contributed by atoms with Crippen LogP contribution in [0.15, 0.2) is 0 Å². The van der Waals surface area contributed by atoms with Crippen LogP contribution < -0.4 is 0 Å². The van der Waals surface area contributed by atoms with Gasteiger partial charge in [-0.05, 0) is 6.42 Å². The molecule has 0 bridgehead atoms. The molecule has 0 spiro atoms. The summed E-state index contributed by atoms with van der Waals surface area (Å²) in [5.41, 5.74) is 0. The van der Waals surface area contributed by atoms with Gasteiger partial charge in [-0.15, -0.1) is 0 Å². The fraction of sp³-hybridized carbons (Fsp3) is 0.917. The highest BCUT2D eigenvalue weighted by Crippen LogP contribution is 2.08. The van der Waals surface area contributed by atoms with E-state index in [1.165, 1.54) is 26.4 Å². The molecule has 4 heteroatoms. The molecule has 0 aromatic rings. The van der Waals surface area contributed by atoms with Crippen molar-refractivity contribution in [3.8, 4) is 0 Å². The van der Waals surface area contributed by atoms with Gasteiger partial charge in [-0.1, -0.05) is 45.8 Å². The Labute approximate surface area is 101 Å². The number of hydrogen-bond acceptors (Lipinski definition) is 2. The number of rotatable bonds is 7. The minimum absolute atomic E-state index is 0.168. The minimum Gasteiger partial charge on any atom is -0.453 e. The zero-order chi connectivity index (χ0) is 12.6. The van der Waals surface area contributed by atoms with Crippen molar-refractivity contribution in [2.75, 3.05) is 19.8 Å². The van der Waals surface area contributed by atoms with Crippen molar-refractivity contribution >= 4 is 14.2 Å². The first kappa shape index (κ1) is 15.5. The van der Waals surface area contributed by atoms with Gasteiger partial charge >= 0.3 is 6.09 Å². The standard InChI is InChI=1S/C12H27NO2Si/c1-6-7-8-9-10-13(12(14)15-2)11-16(3,4)5/h6-11H2,1-5H3. The Bertz CT molecular complexity index is 202. The number of carbonyl (C=O) groups is 1. The third kappa shape index (κ3) is 7.74. The predicted octanol–water partition coefficient (Wildman–Crippen LogP) is 3.51. The summed E-state index contributed by atoms with van der Waals surface area (Å²) in [4.78, 5) is 13.5. The highest BCUT2D eigenvalue weighted by atomic mass is 28.3. The van der Waals surface area contributed by atoms with E-state index in [-0.39, 0.29) is 6.09 Å². The Morgan fingerprint density at radius 1 is 1.19 bits per heavy atom. The van der Waals surface area contributed by atoms with Crippen LogP contribution in [0.3, 0.4) is 0 Å². The molecule has 0 aliphatic heterocycles. The van der Waals surface area contributed by atoms with Crippen LogP contribution in [0.5, 0.6) is 0 Å². The van der Waals surface area contributed by atoms with E-state index < -0.39 is 8.07 Å². The Kier molecular flexibility index (Phi) is 7.46. The number of carbonyl (C=O) groups excluding carboxylic acids is 1. The molecule has 0 heterocycles. The second kappa shape index (κ2) is 7.71. The fourth-order valence-electron chi connectivity index (χ4n) is 1.67. The average Bonchev–Trinajstić information content (AvgIpc) is 2.19. The van der Waals surface area contributed by atoms with Crippen LogP contribution in [0, 0.1) is 0 Å². The van der Waals surface area contributed by atoms with Gasteiger partial charge in [0.1, 0.15) is 0 Å². The molecule has 0 atom stereocenters. The zero-order valence-electron chi connectivity index (χ0n) is 11.5. The Morgan fingerprint density at radius 3 is 2.25 bits per heavy atom. The van der Waals surface area contributed by atoms with Gasteiger partial charge in [-0.2, -0.15) is 0 Å². The third-order valence-corrected chi connectivity index (χ3v) is 3.71. The van der Waals surface area contributed by atoms with E-state index in [0.29, 0.717) is 0 Å². The topological polar surface area (TPSA) is 29.5 Å². The van der Waals surface area contributed by atoms with Crippen LogP contribution in [-0.2, 0) is 4.74 Å². The first-order valence-electron chi connectivity index (χ1n) is 6.23. The summed E-state index contributed by atoms with van der Waals surface area (Å²) in [5, 5.41) is 0. The number of unbranched alkanes of at least 4 members (excludes halogenated alkanes) is 3. The molecule has 0 saturated heterocycles. The molecule has 0 fully saturated rings. The molecular weight excluding hydrogens is 218 g/mol. The summed E-state index contributed by atoms with van der Waals surface area (Å²) >= 11 is 0. The van der Waals surface area contributed by atoms with Gasteiger partial charge < -0.3 is 9.64 Å². The molecule has 96 valence electrons. The van der Waals surface area contributed by atoms with E-state index in [1.54, 1.807) is 0 Å². The second-order valence-corrected chi connectivity index (χ2v) is 11.0. The monoisotopic (exact) mass is 245 g/mol. The van der Waals surface area contributed by atoms with Crippen LogP contribution in [-0.4, -0.2) is 38.9 Å². The van der Waals surface area contributed by atoms with Gasteiger partial charge in [-0.25, -0.2) is 4.79 Å². The van der Waals surface area contributed by atoms with Crippen molar-refractivity contribution in [1.82, 2.24) is 4.90 Å². The molecule has 0 aromatic carbocycles. The molecule has 0 radical (unpaired) electrons. The molecule has 0 N–H and O–H groups in total. The van der Waals surface area contributed by atoms with E-state index in [2.05, 4.69) is 26.6 Å². The molecule has 0 aromatic heterocycles. The summed E-state index contributed by atoms with van der Waals surface area (Å²) in [5.74, 6) is 0. The van der Waals surface area contributed by atoms with E-state index >= 15 is 0 Å². The van der Waals surface area contributed by atoms with Crippen molar-refractivity contribution in [3.05, 3.63) is 0 Å².